The molecule has 0 aromatic heterocycles. The minimum absolute atomic E-state index is 0.0201. The highest BCUT2D eigenvalue weighted by molar-refractivity contribution is 7.90. The van der Waals surface area contributed by atoms with Gasteiger partial charge < -0.3 is 10.2 Å². The molecule has 0 atom stereocenters. The molecule has 0 bridgehead atoms. The Kier molecular flexibility index (Phi) is 5.05. The monoisotopic (exact) mass is 222 g/mol. The largest absolute Gasteiger partial charge is 0.314 e. The van der Waals surface area contributed by atoms with Crippen LogP contribution in [0.5, 0.6) is 0 Å². The molecule has 4 nitrogen and oxygen atoms in total. The lowest BCUT2D eigenvalue weighted by molar-refractivity contribution is 0.254. The molecule has 0 aliphatic heterocycles. The van der Waals surface area contributed by atoms with Gasteiger partial charge in [0.2, 0.25) is 0 Å². The molecular weight excluding hydrogens is 200 g/mol. The van der Waals surface area contributed by atoms with Crippen LogP contribution in [0.25, 0.3) is 0 Å². The van der Waals surface area contributed by atoms with Crippen molar-refractivity contribution in [2.75, 3.05) is 39.2 Å². The van der Waals surface area contributed by atoms with Crippen LogP contribution < -0.4 is 5.32 Å². The summed E-state index contributed by atoms with van der Waals surface area (Å²) < 4.78 is 21.9. The Morgan fingerprint density at radius 1 is 1.36 bits per heavy atom. The van der Waals surface area contributed by atoms with Crippen LogP contribution in [0.2, 0.25) is 0 Å². The molecule has 1 N–H and O–H groups in total. The van der Waals surface area contributed by atoms with E-state index < -0.39 is 9.84 Å². The van der Waals surface area contributed by atoms with Gasteiger partial charge in [0.25, 0.3) is 0 Å². The Labute approximate surface area is 87.6 Å². The van der Waals surface area contributed by atoms with Crippen LogP contribution in [0.15, 0.2) is 0 Å². The predicted octanol–water partition coefficient (Wildman–Crippen LogP) is -0.0392. The number of nitrogens with one attached hydrogen (secondary N) is 1. The minimum atomic E-state index is -2.84. The Bertz CT molecular complexity index is 260. The predicted molar refractivity (Wildman–Crippen MR) is 60.3 cm³/mol. The van der Waals surface area contributed by atoms with Gasteiger partial charge in [-0.25, -0.2) is 8.42 Å². The van der Waals surface area contributed by atoms with Crippen molar-refractivity contribution in [3.05, 3.63) is 0 Å². The molecule has 0 fully saturated rings. The third kappa shape index (κ3) is 7.29. The number of nitrogens with zero attached hydrogens (tertiary/aromatic N) is 1. The number of sulfone groups is 1. The summed E-state index contributed by atoms with van der Waals surface area (Å²) in [7, 11) is 0.998. The van der Waals surface area contributed by atoms with E-state index in [2.05, 4.69) is 19.2 Å². The summed E-state index contributed by atoms with van der Waals surface area (Å²) in [6.45, 7) is 5.59. The van der Waals surface area contributed by atoms with E-state index in [1.165, 1.54) is 6.26 Å². The fourth-order valence-corrected chi connectivity index (χ4v) is 1.80. The lowest BCUT2D eigenvalue weighted by Gasteiger charge is -2.29. The molecular formula is C9H22N2O2S. The van der Waals surface area contributed by atoms with Crippen LogP contribution in [-0.4, -0.2) is 58.1 Å². The van der Waals surface area contributed by atoms with Crippen LogP contribution in [0, 0.1) is 0 Å². The van der Waals surface area contributed by atoms with Crippen LogP contribution in [0.3, 0.4) is 0 Å². The number of hydrogen-bond donors (Lipinski definition) is 1. The summed E-state index contributed by atoms with van der Waals surface area (Å²) in [4.78, 5) is 2.03. The Hall–Kier alpha value is -0.130. The van der Waals surface area contributed by atoms with E-state index in [-0.39, 0.29) is 11.3 Å². The van der Waals surface area contributed by atoms with Crippen LogP contribution in [-0.2, 0) is 9.84 Å². The van der Waals surface area contributed by atoms with Gasteiger partial charge >= 0.3 is 0 Å². The van der Waals surface area contributed by atoms with Gasteiger partial charge in [0.1, 0.15) is 9.84 Å². The summed E-state index contributed by atoms with van der Waals surface area (Å²) in [6.07, 6.45) is 1.27. The van der Waals surface area contributed by atoms with E-state index in [1.807, 2.05) is 19.0 Å². The van der Waals surface area contributed by atoms with Crippen molar-refractivity contribution >= 4 is 9.84 Å². The fourth-order valence-electron chi connectivity index (χ4n) is 1.15. The zero-order chi connectivity index (χ0) is 11.4. The standard InChI is InChI=1S/C9H22N2O2S/c1-9(2,10-3)8-11(4)6-7-14(5,12)13/h10H,6-8H2,1-5H3. The van der Waals surface area contributed by atoms with E-state index in [1.54, 1.807) is 0 Å². The lowest BCUT2D eigenvalue weighted by atomic mass is 10.1. The number of hydrogen-bond acceptors (Lipinski definition) is 4. The molecule has 0 aromatic carbocycles. The maximum atomic E-state index is 10.9. The quantitative estimate of drug-likeness (QED) is 0.685. The Morgan fingerprint density at radius 3 is 2.21 bits per heavy atom. The average molecular weight is 222 g/mol. The van der Waals surface area contributed by atoms with Crippen molar-refractivity contribution in [1.82, 2.24) is 10.2 Å². The van der Waals surface area contributed by atoms with Gasteiger partial charge in [-0.3, -0.25) is 0 Å². The lowest BCUT2D eigenvalue weighted by Crippen LogP contribution is -2.47. The molecule has 0 aliphatic carbocycles. The summed E-state index contributed by atoms with van der Waals surface area (Å²) in [5, 5.41) is 3.18. The zero-order valence-electron chi connectivity index (χ0n) is 9.79. The molecule has 0 saturated heterocycles. The van der Waals surface area contributed by atoms with Gasteiger partial charge in [-0.2, -0.15) is 0 Å². The van der Waals surface area contributed by atoms with Crippen LogP contribution in [0.4, 0.5) is 0 Å². The van der Waals surface area contributed by atoms with Crippen molar-refractivity contribution in [2.45, 2.75) is 19.4 Å². The first kappa shape index (κ1) is 13.9. The summed E-state index contributed by atoms with van der Waals surface area (Å²) in [5.41, 5.74) is 0.0201. The molecule has 14 heavy (non-hydrogen) atoms. The van der Waals surface area contributed by atoms with Gasteiger partial charge in [0.15, 0.2) is 0 Å². The molecule has 0 heterocycles. The van der Waals surface area contributed by atoms with Gasteiger partial charge in [-0.1, -0.05) is 0 Å². The van der Waals surface area contributed by atoms with Crippen molar-refractivity contribution in [3.8, 4) is 0 Å². The highest BCUT2D eigenvalue weighted by Crippen LogP contribution is 2.02. The highest BCUT2D eigenvalue weighted by atomic mass is 32.2. The first-order valence-electron chi connectivity index (χ1n) is 4.71. The van der Waals surface area contributed by atoms with Crippen LogP contribution >= 0.6 is 0 Å². The molecule has 0 radical (unpaired) electrons. The van der Waals surface area contributed by atoms with Crippen LogP contribution in [0.1, 0.15) is 13.8 Å². The molecule has 86 valence electrons. The average Bonchev–Trinajstić information content (AvgIpc) is 1.99. The molecule has 0 aromatic rings. The number of likely N-dealkylation sites (N-methyl/N-ethyl adjacent to an activating group) is 2. The van der Waals surface area contributed by atoms with E-state index in [9.17, 15) is 8.42 Å². The second kappa shape index (κ2) is 5.09. The third-order valence-electron chi connectivity index (χ3n) is 2.19. The topological polar surface area (TPSA) is 49.4 Å². The molecule has 0 spiro atoms. The van der Waals surface area contributed by atoms with Gasteiger partial charge in [0, 0.05) is 24.9 Å². The first-order chi connectivity index (χ1) is 6.16. The Morgan fingerprint density at radius 2 is 1.86 bits per heavy atom. The van der Waals surface area contributed by atoms with E-state index in [4.69, 9.17) is 0 Å². The SMILES string of the molecule is CNC(C)(C)CN(C)CCS(C)(=O)=O. The van der Waals surface area contributed by atoms with Crippen molar-refractivity contribution in [1.29, 1.82) is 0 Å². The molecule has 0 rings (SSSR count). The van der Waals surface area contributed by atoms with E-state index in [0.29, 0.717) is 6.54 Å². The minimum Gasteiger partial charge on any atom is -0.314 e. The maximum absolute atomic E-state index is 10.9. The number of rotatable bonds is 6. The summed E-state index contributed by atoms with van der Waals surface area (Å²) in [5.74, 6) is 0.225. The normalized spacial score (nSPS) is 13.6. The maximum Gasteiger partial charge on any atom is 0.148 e. The zero-order valence-corrected chi connectivity index (χ0v) is 10.6. The molecule has 0 saturated carbocycles. The third-order valence-corrected chi connectivity index (χ3v) is 3.11. The second-order valence-corrected chi connectivity index (χ2v) is 6.76. The summed E-state index contributed by atoms with van der Waals surface area (Å²) in [6, 6.07) is 0. The van der Waals surface area contributed by atoms with Crippen molar-refractivity contribution in [3.63, 3.8) is 0 Å². The highest BCUT2D eigenvalue weighted by Gasteiger charge is 2.17. The molecule has 0 unspecified atom stereocenters. The first-order valence-corrected chi connectivity index (χ1v) is 6.77. The molecule has 0 aliphatic rings. The second-order valence-electron chi connectivity index (χ2n) is 4.50. The van der Waals surface area contributed by atoms with E-state index in [0.717, 1.165) is 6.54 Å². The Balaban J connectivity index is 3.94. The van der Waals surface area contributed by atoms with Gasteiger partial charge in [-0.15, -0.1) is 0 Å². The smallest absolute Gasteiger partial charge is 0.148 e. The summed E-state index contributed by atoms with van der Waals surface area (Å²) >= 11 is 0. The molecule has 0 amide bonds. The van der Waals surface area contributed by atoms with Gasteiger partial charge in [-0.05, 0) is 27.9 Å². The van der Waals surface area contributed by atoms with Crippen molar-refractivity contribution < 1.29 is 8.42 Å². The van der Waals surface area contributed by atoms with E-state index >= 15 is 0 Å². The molecule has 5 heteroatoms. The fraction of sp³-hybridized carbons (Fsp3) is 1.00. The van der Waals surface area contributed by atoms with Crippen molar-refractivity contribution in [2.24, 2.45) is 0 Å². The van der Waals surface area contributed by atoms with Gasteiger partial charge in [0.05, 0.1) is 5.75 Å².